The summed E-state index contributed by atoms with van der Waals surface area (Å²) in [6.07, 6.45) is 3.16. The van der Waals surface area contributed by atoms with E-state index in [1.807, 2.05) is 12.1 Å². The molecule has 30 heavy (non-hydrogen) atoms. The lowest BCUT2D eigenvalue weighted by Crippen LogP contribution is -2.32. The van der Waals surface area contributed by atoms with E-state index in [1.165, 1.54) is 18.1 Å². The maximum atomic E-state index is 14.4. The van der Waals surface area contributed by atoms with Gasteiger partial charge in [0.05, 0.1) is 11.3 Å². The van der Waals surface area contributed by atoms with Gasteiger partial charge in [-0.2, -0.15) is 0 Å². The number of fused-ring (bicyclic) bond motifs is 1. The average molecular weight is 454 g/mol. The Bertz CT molecular complexity index is 1080. The smallest absolute Gasteiger partial charge is 0.267 e. The topological polar surface area (TPSA) is 72.5 Å². The van der Waals surface area contributed by atoms with Crippen molar-refractivity contribution in [3.05, 3.63) is 63.4 Å². The zero-order valence-electron chi connectivity index (χ0n) is 17.2. The van der Waals surface area contributed by atoms with Crippen molar-refractivity contribution in [3.8, 4) is 5.75 Å². The number of hydrogen-bond donors (Lipinski definition) is 1. The SMILES string of the molecule is CCS(=O)(=O)NC(=O)c1cc(Cl)c(COc2ccc3c(c2)CC(C)(C)CC3)cc1F. The Morgan fingerprint density at radius 2 is 1.97 bits per heavy atom. The molecule has 5 nitrogen and oxygen atoms in total. The standard InChI is InChI=1S/C22H25ClFNO4S/c1-4-30(27,28)25-21(26)18-11-19(23)16(10-20(18)24)13-29-17-6-5-14-7-8-22(2,3)12-15(14)9-17/h5-6,9-11H,4,7-8,12-13H2,1-3H3,(H,25,26). The molecule has 0 saturated heterocycles. The molecule has 0 fully saturated rings. The highest BCUT2D eigenvalue weighted by molar-refractivity contribution is 7.90. The lowest BCUT2D eigenvalue weighted by molar-refractivity contribution is 0.0977. The van der Waals surface area contributed by atoms with E-state index in [9.17, 15) is 17.6 Å². The second kappa shape index (κ2) is 8.55. The first-order valence-electron chi connectivity index (χ1n) is 9.77. The highest BCUT2D eigenvalue weighted by Crippen LogP contribution is 2.36. The molecule has 1 N–H and O–H groups in total. The van der Waals surface area contributed by atoms with Gasteiger partial charge in [0, 0.05) is 10.6 Å². The van der Waals surface area contributed by atoms with E-state index >= 15 is 0 Å². The molecule has 162 valence electrons. The number of carbonyl (C=O) groups excluding carboxylic acids is 1. The molecule has 0 heterocycles. The van der Waals surface area contributed by atoms with E-state index in [-0.39, 0.29) is 22.8 Å². The summed E-state index contributed by atoms with van der Waals surface area (Å²) >= 11 is 6.19. The second-order valence-corrected chi connectivity index (χ2v) is 10.7. The van der Waals surface area contributed by atoms with Gasteiger partial charge in [-0.25, -0.2) is 17.5 Å². The monoisotopic (exact) mass is 453 g/mol. The largest absolute Gasteiger partial charge is 0.489 e. The summed E-state index contributed by atoms with van der Waals surface area (Å²) in [5.74, 6) is -1.55. The lowest BCUT2D eigenvalue weighted by atomic mass is 9.74. The molecule has 0 bridgehead atoms. The summed E-state index contributed by atoms with van der Waals surface area (Å²) in [4.78, 5) is 12.1. The summed E-state index contributed by atoms with van der Waals surface area (Å²) in [7, 11) is -3.80. The Hall–Kier alpha value is -2.12. The van der Waals surface area contributed by atoms with Crippen LogP contribution < -0.4 is 9.46 Å². The van der Waals surface area contributed by atoms with Crippen LogP contribution in [0, 0.1) is 11.2 Å². The van der Waals surface area contributed by atoms with Crippen LogP contribution in [0.2, 0.25) is 5.02 Å². The number of carbonyl (C=O) groups is 1. The molecule has 0 aromatic heterocycles. The number of hydrogen-bond acceptors (Lipinski definition) is 4. The van der Waals surface area contributed by atoms with E-state index < -0.39 is 27.3 Å². The normalized spacial score (nSPS) is 15.4. The second-order valence-electron chi connectivity index (χ2n) is 8.32. The molecule has 1 amide bonds. The quantitative estimate of drug-likeness (QED) is 0.690. The fourth-order valence-electron chi connectivity index (χ4n) is 3.48. The zero-order valence-corrected chi connectivity index (χ0v) is 18.8. The van der Waals surface area contributed by atoms with Gasteiger partial charge in [0.25, 0.3) is 5.91 Å². The van der Waals surface area contributed by atoms with Crippen molar-refractivity contribution >= 4 is 27.5 Å². The fourth-order valence-corrected chi connectivity index (χ4v) is 4.23. The van der Waals surface area contributed by atoms with Gasteiger partial charge in [0.15, 0.2) is 0 Å². The molecule has 0 atom stereocenters. The highest BCUT2D eigenvalue weighted by atomic mass is 35.5. The third-order valence-electron chi connectivity index (χ3n) is 5.32. The number of rotatable bonds is 6. The number of nitrogens with one attached hydrogen (secondary N) is 1. The van der Waals surface area contributed by atoms with E-state index in [1.54, 1.807) is 4.72 Å². The predicted molar refractivity (Wildman–Crippen MR) is 115 cm³/mol. The van der Waals surface area contributed by atoms with Crippen LogP contribution in [0.4, 0.5) is 4.39 Å². The third-order valence-corrected chi connectivity index (χ3v) is 6.93. The van der Waals surface area contributed by atoms with Crippen molar-refractivity contribution < 1.29 is 22.3 Å². The molecule has 1 aliphatic rings. The van der Waals surface area contributed by atoms with Gasteiger partial charge < -0.3 is 4.74 Å². The molecule has 3 rings (SSSR count). The van der Waals surface area contributed by atoms with Gasteiger partial charge in [0.1, 0.15) is 18.2 Å². The van der Waals surface area contributed by atoms with Crippen LogP contribution in [-0.4, -0.2) is 20.1 Å². The summed E-state index contributed by atoms with van der Waals surface area (Å²) in [6, 6.07) is 8.17. The van der Waals surface area contributed by atoms with E-state index in [0.29, 0.717) is 11.3 Å². The molecule has 0 spiro atoms. The van der Waals surface area contributed by atoms with Crippen molar-refractivity contribution in [2.45, 2.75) is 46.6 Å². The number of benzene rings is 2. The third kappa shape index (κ3) is 5.32. The molecular formula is C22H25ClFNO4S. The van der Waals surface area contributed by atoms with Crippen LogP contribution >= 0.6 is 11.6 Å². The maximum absolute atomic E-state index is 14.4. The van der Waals surface area contributed by atoms with Gasteiger partial charge in [-0.15, -0.1) is 0 Å². The van der Waals surface area contributed by atoms with Crippen LogP contribution in [0.15, 0.2) is 30.3 Å². The Balaban J connectivity index is 1.74. The Kier molecular flexibility index (Phi) is 6.43. The van der Waals surface area contributed by atoms with Crippen LogP contribution in [0.3, 0.4) is 0 Å². The number of halogens is 2. The molecule has 2 aromatic carbocycles. The van der Waals surface area contributed by atoms with Gasteiger partial charge in [0.2, 0.25) is 10.0 Å². The minimum absolute atomic E-state index is 0.0209. The first kappa shape index (κ1) is 22.6. The molecule has 0 saturated carbocycles. The summed E-state index contributed by atoms with van der Waals surface area (Å²) in [6.45, 7) is 5.89. The Morgan fingerprint density at radius 1 is 1.23 bits per heavy atom. The van der Waals surface area contributed by atoms with E-state index in [2.05, 4.69) is 19.9 Å². The van der Waals surface area contributed by atoms with Crippen molar-refractivity contribution in [3.63, 3.8) is 0 Å². The van der Waals surface area contributed by atoms with Gasteiger partial charge in [-0.1, -0.05) is 31.5 Å². The average Bonchev–Trinajstić information content (AvgIpc) is 2.66. The molecule has 2 aromatic rings. The number of ether oxygens (including phenoxy) is 1. The van der Waals surface area contributed by atoms with Crippen molar-refractivity contribution in [2.75, 3.05) is 5.75 Å². The lowest BCUT2D eigenvalue weighted by Gasteiger charge is -2.31. The molecule has 8 heteroatoms. The molecule has 0 aliphatic heterocycles. The van der Waals surface area contributed by atoms with Crippen LogP contribution in [0.1, 0.15) is 54.2 Å². The zero-order chi connectivity index (χ0) is 22.1. The minimum atomic E-state index is -3.80. The van der Waals surface area contributed by atoms with Crippen LogP contribution in [0.25, 0.3) is 0 Å². The van der Waals surface area contributed by atoms with Gasteiger partial charge in [-0.05, 0) is 67.0 Å². The fraction of sp³-hybridized carbons (Fsp3) is 0.409. The number of aryl methyl sites for hydroxylation is 1. The van der Waals surface area contributed by atoms with Crippen molar-refractivity contribution in [1.29, 1.82) is 0 Å². The molecular weight excluding hydrogens is 429 g/mol. The van der Waals surface area contributed by atoms with E-state index in [0.717, 1.165) is 31.4 Å². The minimum Gasteiger partial charge on any atom is -0.489 e. The molecule has 0 unspecified atom stereocenters. The van der Waals surface area contributed by atoms with Crippen molar-refractivity contribution in [1.82, 2.24) is 4.72 Å². The first-order valence-corrected chi connectivity index (χ1v) is 11.8. The van der Waals surface area contributed by atoms with Crippen molar-refractivity contribution in [2.24, 2.45) is 5.41 Å². The summed E-state index contributed by atoms with van der Waals surface area (Å²) < 4.78 is 45.1. The predicted octanol–water partition coefficient (Wildman–Crippen LogP) is 4.65. The van der Waals surface area contributed by atoms with Gasteiger partial charge in [-0.3, -0.25) is 4.79 Å². The molecule has 0 radical (unpaired) electrons. The van der Waals surface area contributed by atoms with Gasteiger partial charge >= 0.3 is 0 Å². The highest BCUT2D eigenvalue weighted by Gasteiger charge is 2.25. The number of amides is 1. The maximum Gasteiger partial charge on any atom is 0.267 e. The summed E-state index contributed by atoms with van der Waals surface area (Å²) in [5, 5.41) is 0.120. The number of sulfonamides is 1. The summed E-state index contributed by atoms with van der Waals surface area (Å²) in [5.41, 5.74) is 2.76. The Morgan fingerprint density at radius 3 is 2.67 bits per heavy atom. The van der Waals surface area contributed by atoms with E-state index in [4.69, 9.17) is 16.3 Å². The first-order chi connectivity index (χ1) is 14.0. The van der Waals surface area contributed by atoms with Crippen LogP contribution in [0.5, 0.6) is 5.75 Å². The molecule has 1 aliphatic carbocycles. The van der Waals surface area contributed by atoms with Crippen LogP contribution in [-0.2, 0) is 29.5 Å². The Labute approximate surface area is 181 Å².